The Bertz CT molecular complexity index is 525. The van der Waals surface area contributed by atoms with Crippen molar-refractivity contribution in [2.45, 2.75) is 30.7 Å². The Kier molecular flexibility index (Phi) is 3.99. The van der Waals surface area contributed by atoms with E-state index in [9.17, 15) is 12.8 Å². The molecule has 0 bridgehead atoms. The molecular weight excluding hydrogens is 255 g/mol. The molecule has 1 aliphatic heterocycles. The second kappa shape index (κ2) is 5.34. The van der Waals surface area contributed by atoms with E-state index in [4.69, 9.17) is 5.73 Å². The smallest absolute Gasteiger partial charge is 0.243 e. The van der Waals surface area contributed by atoms with Crippen LogP contribution in [0.2, 0.25) is 0 Å². The third-order valence-corrected chi connectivity index (χ3v) is 5.08. The van der Waals surface area contributed by atoms with Gasteiger partial charge in [0.25, 0.3) is 0 Å². The van der Waals surface area contributed by atoms with Crippen LogP contribution < -0.4 is 5.73 Å². The maximum atomic E-state index is 13.3. The highest BCUT2D eigenvalue weighted by molar-refractivity contribution is 7.89. The van der Waals surface area contributed by atoms with Gasteiger partial charge in [0.15, 0.2) is 0 Å². The lowest BCUT2D eigenvalue weighted by molar-refractivity contribution is 0.346. The molecule has 0 radical (unpaired) electrons. The van der Waals surface area contributed by atoms with Gasteiger partial charge in [0, 0.05) is 25.2 Å². The van der Waals surface area contributed by atoms with Crippen LogP contribution in [-0.4, -0.2) is 25.8 Å². The lowest BCUT2D eigenvalue weighted by Crippen LogP contribution is -2.35. The van der Waals surface area contributed by atoms with Gasteiger partial charge in [0.1, 0.15) is 5.82 Å². The molecule has 1 aromatic rings. The molecule has 6 heteroatoms. The van der Waals surface area contributed by atoms with Crippen molar-refractivity contribution in [3.8, 4) is 0 Å². The topological polar surface area (TPSA) is 63.4 Å². The van der Waals surface area contributed by atoms with E-state index >= 15 is 0 Å². The number of nitrogens with zero attached hydrogens (tertiary/aromatic N) is 1. The van der Waals surface area contributed by atoms with E-state index in [0.29, 0.717) is 13.1 Å². The SMILES string of the molecule is NCc1cc(S(=O)(=O)N2CCCCC2)ccc1F. The minimum absolute atomic E-state index is 0.00477. The molecule has 0 unspecified atom stereocenters. The van der Waals surface area contributed by atoms with Crippen molar-refractivity contribution >= 4 is 10.0 Å². The van der Waals surface area contributed by atoms with E-state index < -0.39 is 15.8 Å². The number of benzene rings is 1. The summed E-state index contributed by atoms with van der Waals surface area (Å²) in [5.74, 6) is -0.463. The predicted octanol–water partition coefficient (Wildman–Crippen LogP) is 1.46. The molecule has 0 saturated carbocycles. The molecule has 2 rings (SSSR count). The number of nitrogens with two attached hydrogens (primary N) is 1. The zero-order valence-corrected chi connectivity index (χ0v) is 10.9. The van der Waals surface area contributed by atoms with E-state index in [0.717, 1.165) is 19.3 Å². The Labute approximate surface area is 107 Å². The standard InChI is InChI=1S/C12H17FN2O2S/c13-12-5-4-11(8-10(12)9-14)18(16,17)15-6-2-1-3-7-15/h4-5,8H,1-3,6-7,9,14H2. The summed E-state index contributed by atoms with van der Waals surface area (Å²) < 4.78 is 39.4. The zero-order valence-electron chi connectivity index (χ0n) is 10.1. The number of piperidine rings is 1. The van der Waals surface area contributed by atoms with Gasteiger partial charge in [-0.05, 0) is 31.0 Å². The lowest BCUT2D eigenvalue weighted by Gasteiger charge is -2.26. The highest BCUT2D eigenvalue weighted by Gasteiger charge is 2.26. The molecule has 0 aliphatic carbocycles. The monoisotopic (exact) mass is 272 g/mol. The second-order valence-corrected chi connectivity index (χ2v) is 6.36. The maximum Gasteiger partial charge on any atom is 0.243 e. The van der Waals surface area contributed by atoms with Crippen LogP contribution in [0.1, 0.15) is 24.8 Å². The summed E-state index contributed by atoms with van der Waals surface area (Å²) in [6.45, 7) is 1.07. The molecule has 100 valence electrons. The van der Waals surface area contributed by atoms with Gasteiger partial charge in [-0.15, -0.1) is 0 Å². The fourth-order valence-corrected chi connectivity index (χ4v) is 3.69. The molecule has 1 aromatic carbocycles. The van der Waals surface area contributed by atoms with Gasteiger partial charge in [-0.1, -0.05) is 6.42 Å². The summed E-state index contributed by atoms with van der Waals surface area (Å²) in [7, 11) is -3.50. The van der Waals surface area contributed by atoms with E-state index in [2.05, 4.69) is 0 Å². The minimum atomic E-state index is -3.50. The van der Waals surface area contributed by atoms with Crippen LogP contribution in [0.15, 0.2) is 23.1 Å². The largest absolute Gasteiger partial charge is 0.326 e. The number of sulfonamides is 1. The third kappa shape index (κ3) is 2.55. The first-order valence-corrected chi connectivity index (χ1v) is 7.48. The molecule has 0 atom stereocenters. The molecule has 1 aliphatic rings. The van der Waals surface area contributed by atoms with Crippen molar-refractivity contribution in [1.29, 1.82) is 0 Å². The first-order valence-electron chi connectivity index (χ1n) is 6.04. The summed E-state index contributed by atoms with van der Waals surface area (Å²) >= 11 is 0. The average Bonchev–Trinajstić information content (AvgIpc) is 2.40. The Balaban J connectivity index is 2.34. The Morgan fingerprint density at radius 1 is 1.22 bits per heavy atom. The van der Waals surface area contributed by atoms with Crippen molar-refractivity contribution in [3.05, 3.63) is 29.6 Å². The van der Waals surface area contributed by atoms with Crippen molar-refractivity contribution in [2.75, 3.05) is 13.1 Å². The van der Waals surface area contributed by atoms with Gasteiger partial charge in [0.2, 0.25) is 10.0 Å². The molecule has 2 N–H and O–H groups in total. The van der Waals surface area contributed by atoms with Crippen LogP contribution in [0.4, 0.5) is 4.39 Å². The first kappa shape index (κ1) is 13.5. The van der Waals surface area contributed by atoms with E-state index in [1.165, 1.54) is 22.5 Å². The summed E-state index contributed by atoms with van der Waals surface area (Å²) in [4.78, 5) is 0.131. The normalized spacial score (nSPS) is 17.9. The van der Waals surface area contributed by atoms with Crippen molar-refractivity contribution in [3.63, 3.8) is 0 Å². The molecule has 4 nitrogen and oxygen atoms in total. The molecule has 1 heterocycles. The number of hydrogen-bond donors (Lipinski definition) is 1. The van der Waals surface area contributed by atoms with Gasteiger partial charge in [-0.25, -0.2) is 12.8 Å². The maximum absolute atomic E-state index is 13.3. The third-order valence-electron chi connectivity index (χ3n) is 3.19. The fourth-order valence-electron chi connectivity index (χ4n) is 2.12. The number of halogens is 1. The van der Waals surface area contributed by atoms with Gasteiger partial charge >= 0.3 is 0 Å². The highest BCUT2D eigenvalue weighted by atomic mass is 32.2. The predicted molar refractivity (Wildman–Crippen MR) is 66.9 cm³/mol. The molecule has 1 saturated heterocycles. The molecule has 0 aromatic heterocycles. The van der Waals surface area contributed by atoms with Crippen LogP contribution in [-0.2, 0) is 16.6 Å². The van der Waals surface area contributed by atoms with Crippen LogP contribution in [0.3, 0.4) is 0 Å². The number of rotatable bonds is 3. The van der Waals surface area contributed by atoms with Gasteiger partial charge in [0.05, 0.1) is 4.90 Å². The molecule has 0 spiro atoms. The summed E-state index contributed by atoms with van der Waals surface area (Å²) in [5.41, 5.74) is 5.62. The summed E-state index contributed by atoms with van der Waals surface area (Å²) in [6, 6.07) is 3.80. The summed E-state index contributed by atoms with van der Waals surface area (Å²) in [6.07, 6.45) is 2.82. The Morgan fingerprint density at radius 3 is 2.50 bits per heavy atom. The van der Waals surface area contributed by atoms with Crippen molar-refractivity contribution in [2.24, 2.45) is 5.73 Å². The molecule has 18 heavy (non-hydrogen) atoms. The molecule has 1 fully saturated rings. The molecule has 0 amide bonds. The van der Waals surface area contributed by atoms with Crippen molar-refractivity contribution < 1.29 is 12.8 Å². The zero-order chi connectivity index (χ0) is 13.2. The first-order chi connectivity index (χ1) is 8.55. The number of hydrogen-bond acceptors (Lipinski definition) is 3. The van der Waals surface area contributed by atoms with Gasteiger partial charge in [-0.2, -0.15) is 4.31 Å². The van der Waals surface area contributed by atoms with Crippen LogP contribution in [0.5, 0.6) is 0 Å². The lowest BCUT2D eigenvalue weighted by atomic mass is 10.2. The van der Waals surface area contributed by atoms with Crippen LogP contribution in [0, 0.1) is 5.82 Å². The highest BCUT2D eigenvalue weighted by Crippen LogP contribution is 2.22. The minimum Gasteiger partial charge on any atom is -0.326 e. The average molecular weight is 272 g/mol. The van der Waals surface area contributed by atoms with E-state index in [1.54, 1.807) is 0 Å². The van der Waals surface area contributed by atoms with Gasteiger partial charge in [-0.3, -0.25) is 0 Å². The second-order valence-electron chi connectivity index (χ2n) is 4.42. The Morgan fingerprint density at radius 2 is 1.89 bits per heavy atom. The van der Waals surface area contributed by atoms with Crippen LogP contribution in [0.25, 0.3) is 0 Å². The Hall–Kier alpha value is -0.980. The van der Waals surface area contributed by atoms with E-state index in [-0.39, 0.29) is 17.0 Å². The van der Waals surface area contributed by atoms with Crippen LogP contribution >= 0.6 is 0 Å². The van der Waals surface area contributed by atoms with Crippen molar-refractivity contribution in [1.82, 2.24) is 4.31 Å². The summed E-state index contributed by atoms with van der Waals surface area (Å²) in [5, 5.41) is 0. The van der Waals surface area contributed by atoms with E-state index in [1.807, 2.05) is 0 Å². The molecular formula is C12H17FN2O2S. The van der Waals surface area contributed by atoms with Gasteiger partial charge < -0.3 is 5.73 Å². The fraction of sp³-hybridized carbons (Fsp3) is 0.500. The quantitative estimate of drug-likeness (QED) is 0.906.